The molecule has 1 aliphatic heterocycles. The minimum atomic E-state index is 0.0209. The minimum Gasteiger partial charge on any atom is -0.338 e. The fraction of sp³-hybridized carbons (Fsp3) is 0.364. The van der Waals surface area contributed by atoms with Crippen LogP contribution in [0.2, 0.25) is 0 Å². The molecule has 2 amide bonds. The normalized spacial score (nSPS) is 16.1. The second-order valence-electron chi connectivity index (χ2n) is 7.25. The number of urea groups is 1. The molecule has 1 N–H and O–H groups in total. The van der Waals surface area contributed by atoms with E-state index in [9.17, 15) is 4.79 Å². The first-order valence-electron chi connectivity index (χ1n) is 10.1. The lowest BCUT2D eigenvalue weighted by Gasteiger charge is -2.24. The van der Waals surface area contributed by atoms with Gasteiger partial charge in [0.1, 0.15) is 0 Å². The number of nitrogens with zero attached hydrogens (tertiary/aromatic N) is 4. The van der Waals surface area contributed by atoms with E-state index in [4.69, 9.17) is 4.52 Å². The van der Waals surface area contributed by atoms with E-state index in [0.29, 0.717) is 24.7 Å². The van der Waals surface area contributed by atoms with Gasteiger partial charge in [-0.2, -0.15) is 4.98 Å². The van der Waals surface area contributed by atoms with Gasteiger partial charge in [0, 0.05) is 37.9 Å². The summed E-state index contributed by atoms with van der Waals surface area (Å²) in [5, 5.41) is 7.13. The van der Waals surface area contributed by atoms with Gasteiger partial charge in [0.05, 0.1) is 5.56 Å². The largest absolute Gasteiger partial charge is 0.338 e. The Morgan fingerprint density at radius 1 is 1.17 bits per heavy atom. The highest BCUT2D eigenvalue weighted by atomic mass is 16.5. The number of benzene rings is 1. The topological polar surface area (TPSA) is 84.2 Å². The highest BCUT2D eigenvalue weighted by molar-refractivity contribution is 5.74. The number of hydrogen-bond donors (Lipinski definition) is 1. The van der Waals surface area contributed by atoms with Gasteiger partial charge in [0.2, 0.25) is 0 Å². The summed E-state index contributed by atoms with van der Waals surface area (Å²) in [7, 11) is 0. The van der Waals surface area contributed by atoms with E-state index >= 15 is 0 Å². The molecule has 1 saturated heterocycles. The number of likely N-dealkylation sites (tertiary alicyclic amines) is 1. The van der Waals surface area contributed by atoms with Crippen molar-refractivity contribution in [3.05, 3.63) is 66.2 Å². The van der Waals surface area contributed by atoms with Crippen LogP contribution in [0.4, 0.5) is 4.79 Å². The third-order valence-electron chi connectivity index (χ3n) is 5.25. The predicted molar refractivity (Wildman–Crippen MR) is 109 cm³/mol. The lowest BCUT2D eigenvalue weighted by atomic mass is 10.1. The number of pyridine rings is 1. The first kappa shape index (κ1) is 19.1. The van der Waals surface area contributed by atoms with E-state index in [1.165, 1.54) is 5.56 Å². The van der Waals surface area contributed by atoms with Gasteiger partial charge in [-0.05, 0) is 43.4 Å². The number of rotatable bonds is 7. The molecule has 150 valence electrons. The lowest BCUT2D eigenvalue weighted by Crippen LogP contribution is -2.43. The van der Waals surface area contributed by atoms with Gasteiger partial charge in [-0.25, -0.2) is 4.79 Å². The lowest BCUT2D eigenvalue weighted by molar-refractivity contribution is 0.190. The molecule has 1 fully saturated rings. The molecule has 3 heterocycles. The number of nitrogens with one attached hydrogen (secondary N) is 1. The van der Waals surface area contributed by atoms with Gasteiger partial charge in [-0.15, -0.1) is 0 Å². The summed E-state index contributed by atoms with van der Waals surface area (Å²) in [6.07, 6.45) is 7.81. The van der Waals surface area contributed by atoms with Crippen LogP contribution < -0.4 is 5.32 Å². The molecule has 7 nitrogen and oxygen atoms in total. The molecule has 2 aromatic heterocycles. The van der Waals surface area contributed by atoms with Crippen LogP contribution >= 0.6 is 0 Å². The molecule has 0 radical (unpaired) electrons. The fourth-order valence-corrected chi connectivity index (χ4v) is 3.72. The Morgan fingerprint density at radius 2 is 2.07 bits per heavy atom. The molecule has 0 saturated carbocycles. The Hall–Kier alpha value is -3.22. The zero-order chi connectivity index (χ0) is 19.9. The summed E-state index contributed by atoms with van der Waals surface area (Å²) >= 11 is 0. The van der Waals surface area contributed by atoms with Crippen molar-refractivity contribution in [1.82, 2.24) is 25.3 Å². The molecule has 29 heavy (non-hydrogen) atoms. The van der Waals surface area contributed by atoms with E-state index < -0.39 is 0 Å². The van der Waals surface area contributed by atoms with Crippen LogP contribution in [-0.4, -0.2) is 45.2 Å². The number of hydrogen-bond acceptors (Lipinski definition) is 5. The summed E-state index contributed by atoms with van der Waals surface area (Å²) in [6, 6.07) is 14.2. The maximum atomic E-state index is 12.6. The molecule has 1 atom stereocenters. The standard InChI is InChI=1S/C22H25N5O2/c28-22(24-14-12-17-6-2-1-3-7-17)27-15-5-9-19(27)10-11-20-25-21(29-26-20)18-8-4-13-23-16-18/h1-4,6-8,13,16,19H,5,9-12,14-15H2,(H,24,28). The average Bonchev–Trinajstić information content (AvgIpc) is 3.43. The fourth-order valence-electron chi connectivity index (χ4n) is 3.72. The summed E-state index contributed by atoms with van der Waals surface area (Å²) in [6.45, 7) is 1.44. The van der Waals surface area contributed by atoms with Gasteiger partial charge in [-0.1, -0.05) is 35.5 Å². The van der Waals surface area contributed by atoms with Crippen LogP contribution in [0, 0.1) is 0 Å². The SMILES string of the molecule is O=C(NCCc1ccccc1)N1CCCC1CCc1noc(-c2cccnc2)n1. The summed E-state index contributed by atoms with van der Waals surface area (Å²) in [5.74, 6) is 1.15. The molecular formula is C22H25N5O2. The molecule has 7 heteroatoms. The highest BCUT2D eigenvalue weighted by Crippen LogP contribution is 2.22. The molecule has 0 aliphatic carbocycles. The Labute approximate surface area is 170 Å². The summed E-state index contributed by atoms with van der Waals surface area (Å²) in [4.78, 5) is 23.1. The minimum absolute atomic E-state index is 0.0209. The van der Waals surface area contributed by atoms with Gasteiger partial charge in [0.25, 0.3) is 5.89 Å². The van der Waals surface area contributed by atoms with E-state index in [2.05, 4.69) is 32.6 Å². The first-order chi connectivity index (χ1) is 14.3. The third kappa shape index (κ3) is 4.99. The third-order valence-corrected chi connectivity index (χ3v) is 5.25. The molecular weight excluding hydrogens is 366 g/mol. The van der Waals surface area contributed by atoms with Crippen molar-refractivity contribution < 1.29 is 9.32 Å². The van der Waals surface area contributed by atoms with Crippen LogP contribution in [-0.2, 0) is 12.8 Å². The van der Waals surface area contributed by atoms with Gasteiger partial charge in [0.15, 0.2) is 5.82 Å². The van der Waals surface area contributed by atoms with E-state index in [-0.39, 0.29) is 12.1 Å². The molecule has 1 unspecified atom stereocenters. The Bertz CT molecular complexity index is 913. The maximum Gasteiger partial charge on any atom is 0.317 e. The summed E-state index contributed by atoms with van der Waals surface area (Å²) in [5.41, 5.74) is 2.04. The van der Waals surface area contributed by atoms with Crippen molar-refractivity contribution in [2.24, 2.45) is 0 Å². The van der Waals surface area contributed by atoms with Crippen molar-refractivity contribution in [1.29, 1.82) is 0 Å². The van der Waals surface area contributed by atoms with Gasteiger partial charge in [-0.3, -0.25) is 4.98 Å². The molecule has 1 aliphatic rings. The van der Waals surface area contributed by atoms with Gasteiger partial charge < -0.3 is 14.7 Å². The smallest absolute Gasteiger partial charge is 0.317 e. The van der Waals surface area contributed by atoms with E-state index in [1.807, 2.05) is 35.2 Å². The van der Waals surface area contributed by atoms with Crippen molar-refractivity contribution in [3.8, 4) is 11.5 Å². The van der Waals surface area contributed by atoms with Crippen LogP contribution in [0.1, 0.15) is 30.7 Å². The number of amides is 2. The Morgan fingerprint density at radius 3 is 2.90 bits per heavy atom. The monoisotopic (exact) mass is 391 g/mol. The Balaban J connectivity index is 1.26. The van der Waals surface area contributed by atoms with E-state index in [0.717, 1.165) is 37.8 Å². The highest BCUT2D eigenvalue weighted by Gasteiger charge is 2.28. The zero-order valence-corrected chi connectivity index (χ0v) is 16.3. The number of carbonyl (C=O) groups excluding carboxylic acids is 1. The van der Waals surface area contributed by atoms with E-state index in [1.54, 1.807) is 12.4 Å². The average molecular weight is 391 g/mol. The van der Waals surface area contributed by atoms with Gasteiger partial charge >= 0.3 is 6.03 Å². The second-order valence-corrected chi connectivity index (χ2v) is 7.25. The molecule has 0 spiro atoms. The van der Waals surface area contributed by atoms with Crippen LogP contribution in [0.3, 0.4) is 0 Å². The van der Waals surface area contributed by atoms with Crippen molar-refractivity contribution in [2.45, 2.75) is 38.1 Å². The van der Waals surface area contributed by atoms with Crippen molar-refractivity contribution in [2.75, 3.05) is 13.1 Å². The van der Waals surface area contributed by atoms with Crippen LogP contribution in [0.15, 0.2) is 59.4 Å². The second kappa shape index (κ2) is 9.32. The van der Waals surface area contributed by atoms with Crippen molar-refractivity contribution in [3.63, 3.8) is 0 Å². The molecule has 0 bridgehead atoms. The molecule has 1 aromatic carbocycles. The number of carbonyl (C=O) groups is 1. The number of aryl methyl sites for hydroxylation is 1. The molecule has 3 aromatic rings. The van der Waals surface area contributed by atoms with Crippen LogP contribution in [0.25, 0.3) is 11.5 Å². The molecule has 4 rings (SSSR count). The van der Waals surface area contributed by atoms with Crippen molar-refractivity contribution >= 4 is 6.03 Å². The zero-order valence-electron chi connectivity index (χ0n) is 16.3. The summed E-state index contributed by atoms with van der Waals surface area (Å²) < 4.78 is 5.34. The van der Waals surface area contributed by atoms with Crippen LogP contribution in [0.5, 0.6) is 0 Å². The Kier molecular flexibility index (Phi) is 6.14. The number of aromatic nitrogens is 3. The maximum absolute atomic E-state index is 12.6. The first-order valence-corrected chi connectivity index (χ1v) is 10.1. The predicted octanol–water partition coefficient (Wildman–Crippen LogP) is 3.48. The quantitative estimate of drug-likeness (QED) is 0.667.